The number of hydrogen-bond acceptors (Lipinski definition) is 3. The summed E-state index contributed by atoms with van der Waals surface area (Å²) in [5.74, 6) is 0.144. The molecule has 21 heavy (non-hydrogen) atoms. The smallest absolute Gasteiger partial charge is 0.232 e. The number of aliphatic hydroxyl groups excluding tert-OH is 1. The molecule has 1 saturated heterocycles. The largest absolute Gasteiger partial charge is 0.399 e. The molecule has 0 aromatic heterocycles. The third-order valence-electron chi connectivity index (χ3n) is 4.52. The van der Waals surface area contributed by atoms with Gasteiger partial charge in [0, 0.05) is 24.9 Å². The van der Waals surface area contributed by atoms with Crippen LogP contribution in [0.2, 0.25) is 0 Å². The lowest BCUT2D eigenvalue weighted by atomic mass is 9.81. The SMILES string of the molecule is CC(C)(C(=O)N1CCCCC1CCO)c1ccc(N)cc1. The second-order valence-electron chi connectivity index (χ2n) is 6.41. The molecule has 1 aromatic carbocycles. The average Bonchev–Trinajstić information content (AvgIpc) is 2.48. The zero-order chi connectivity index (χ0) is 15.5. The van der Waals surface area contributed by atoms with Gasteiger partial charge < -0.3 is 15.7 Å². The van der Waals surface area contributed by atoms with E-state index in [9.17, 15) is 9.90 Å². The first-order chi connectivity index (χ1) is 9.96. The fourth-order valence-electron chi connectivity index (χ4n) is 3.10. The Labute approximate surface area is 126 Å². The van der Waals surface area contributed by atoms with Crippen LogP contribution in [0.25, 0.3) is 0 Å². The van der Waals surface area contributed by atoms with Crippen molar-refractivity contribution < 1.29 is 9.90 Å². The minimum atomic E-state index is -0.571. The quantitative estimate of drug-likeness (QED) is 0.836. The van der Waals surface area contributed by atoms with E-state index in [1.165, 1.54) is 0 Å². The van der Waals surface area contributed by atoms with Gasteiger partial charge in [0.15, 0.2) is 0 Å². The molecule has 1 aliphatic rings. The summed E-state index contributed by atoms with van der Waals surface area (Å²) >= 11 is 0. The Balaban J connectivity index is 2.21. The van der Waals surface area contributed by atoms with Crippen LogP contribution in [0.5, 0.6) is 0 Å². The Bertz CT molecular complexity index is 480. The molecule has 4 nitrogen and oxygen atoms in total. The Morgan fingerprint density at radius 1 is 1.33 bits per heavy atom. The second kappa shape index (κ2) is 6.48. The van der Waals surface area contributed by atoms with Crippen LogP contribution in [0.1, 0.15) is 45.1 Å². The maximum Gasteiger partial charge on any atom is 0.232 e. The average molecular weight is 290 g/mol. The highest BCUT2D eigenvalue weighted by Gasteiger charge is 2.37. The van der Waals surface area contributed by atoms with Gasteiger partial charge in [-0.3, -0.25) is 4.79 Å². The predicted octanol–water partition coefficient (Wildman–Crippen LogP) is 2.31. The van der Waals surface area contributed by atoms with Gasteiger partial charge in [0.05, 0.1) is 5.41 Å². The summed E-state index contributed by atoms with van der Waals surface area (Å²) in [6, 6.07) is 7.71. The van der Waals surface area contributed by atoms with Crippen molar-refractivity contribution >= 4 is 11.6 Å². The predicted molar refractivity (Wildman–Crippen MR) is 84.9 cm³/mol. The molecule has 1 aliphatic heterocycles. The summed E-state index contributed by atoms with van der Waals surface area (Å²) in [5, 5.41) is 9.22. The van der Waals surface area contributed by atoms with Crippen LogP contribution in [-0.2, 0) is 10.2 Å². The van der Waals surface area contributed by atoms with E-state index in [2.05, 4.69) is 0 Å². The molecule has 1 aromatic rings. The highest BCUT2D eigenvalue weighted by molar-refractivity contribution is 5.87. The van der Waals surface area contributed by atoms with Crippen molar-refractivity contribution in [3.8, 4) is 0 Å². The monoisotopic (exact) mass is 290 g/mol. The topological polar surface area (TPSA) is 66.6 Å². The molecule has 0 radical (unpaired) electrons. The third-order valence-corrected chi connectivity index (χ3v) is 4.52. The maximum atomic E-state index is 13.0. The van der Waals surface area contributed by atoms with Crippen molar-refractivity contribution in [3.05, 3.63) is 29.8 Å². The zero-order valence-electron chi connectivity index (χ0n) is 13.0. The molecule has 1 heterocycles. The molecule has 0 spiro atoms. The standard InChI is InChI=1S/C17H26N2O2/c1-17(2,13-6-8-14(18)9-7-13)16(21)19-11-4-3-5-15(19)10-12-20/h6-9,15,20H,3-5,10-12,18H2,1-2H3. The molecule has 1 atom stereocenters. The van der Waals surface area contributed by atoms with Gasteiger partial charge in [-0.15, -0.1) is 0 Å². The summed E-state index contributed by atoms with van der Waals surface area (Å²) in [5.41, 5.74) is 6.84. The number of piperidine rings is 1. The van der Waals surface area contributed by atoms with E-state index in [1.54, 1.807) is 0 Å². The van der Waals surface area contributed by atoms with E-state index in [1.807, 2.05) is 43.0 Å². The lowest BCUT2D eigenvalue weighted by molar-refractivity contribution is -0.140. The van der Waals surface area contributed by atoms with E-state index >= 15 is 0 Å². The Hall–Kier alpha value is -1.55. The molecular formula is C17H26N2O2. The molecule has 1 fully saturated rings. The van der Waals surface area contributed by atoms with Crippen molar-refractivity contribution in [2.45, 2.75) is 51.0 Å². The first-order valence-electron chi connectivity index (χ1n) is 7.74. The Kier molecular flexibility index (Phi) is 4.88. The fraction of sp³-hybridized carbons (Fsp3) is 0.588. The number of aliphatic hydroxyl groups is 1. The number of carbonyl (C=O) groups is 1. The van der Waals surface area contributed by atoms with Crippen molar-refractivity contribution in [1.82, 2.24) is 4.90 Å². The summed E-state index contributed by atoms with van der Waals surface area (Å²) < 4.78 is 0. The molecule has 0 bridgehead atoms. The van der Waals surface area contributed by atoms with Crippen molar-refractivity contribution in [2.24, 2.45) is 0 Å². The minimum absolute atomic E-state index is 0.136. The van der Waals surface area contributed by atoms with Gasteiger partial charge >= 0.3 is 0 Å². The number of nitrogens with two attached hydrogens (primary N) is 1. The number of nitrogens with zero attached hydrogens (tertiary/aromatic N) is 1. The summed E-state index contributed by atoms with van der Waals surface area (Å²) in [7, 11) is 0. The van der Waals surface area contributed by atoms with Gasteiger partial charge in [-0.2, -0.15) is 0 Å². The summed E-state index contributed by atoms with van der Waals surface area (Å²) in [4.78, 5) is 15.0. The van der Waals surface area contributed by atoms with E-state index in [-0.39, 0.29) is 18.6 Å². The van der Waals surface area contributed by atoms with Crippen molar-refractivity contribution in [3.63, 3.8) is 0 Å². The molecule has 0 saturated carbocycles. The van der Waals surface area contributed by atoms with Gasteiger partial charge in [-0.1, -0.05) is 12.1 Å². The van der Waals surface area contributed by atoms with Gasteiger partial charge in [0.25, 0.3) is 0 Å². The number of rotatable bonds is 4. The van der Waals surface area contributed by atoms with Crippen LogP contribution in [-0.4, -0.2) is 35.1 Å². The molecule has 0 aliphatic carbocycles. The molecule has 116 valence electrons. The van der Waals surface area contributed by atoms with Crippen molar-refractivity contribution in [1.29, 1.82) is 0 Å². The number of amides is 1. The third kappa shape index (κ3) is 3.38. The molecular weight excluding hydrogens is 264 g/mol. The fourth-order valence-corrected chi connectivity index (χ4v) is 3.10. The molecule has 1 amide bonds. The van der Waals surface area contributed by atoms with Crippen LogP contribution in [0.4, 0.5) is 5.69 Å². The Morgan fingerprint density at radius 2 is 2.00 bits per heavy atom. The first kappa shape index (κ1) is 15.8. The number of carbonyl (C=O) groups excluding carboxylic acids is 1. The van der Waals surface area contributed by atoms with Gasteiger partial charge in [0.2, 0.25) is 5.91 Å². The number of nitrogen functional groups attached to an aromatic ring is 1. The number of hydrogen-bond donors (Lipinski definition) is 2. The number of anilines is 1. The highest BCUT2D eigenvalue weighted by atomic mass is 16.3. The van der Waals surface area contributed by atoms with Crippen LogP contribution >= 0.6 is 0 Å². The normalized spacial score (nSPS) is 19.6. The van der Waals surface area contributed by atoms with E-state index in [4.69, 9.17) is 5.73 Å². The van der Waals surface area contributed by atoms with Crippen LogP contribution in [0.3, 0.4) is 0 Å². The second-order valence-corrected chi connectivity index (χ2v) is 6.41. The van der Waals surface area contributed by atoms with Crippen LogP contribution < -0.4 is 5.73 Å². The molecule has 4 heteroatoms. The van der Waals surface area contributed by atoms with E-state index in [0.717, 1.165) is 31.4 Å². The minimum Gasteiger partial charge on any atom is -0.399 e. The van der Waals surface area contributed by atoms with Gasteiger partial charge in [0.1, 0.15) is 0 Å². The highest BCUT2D eigenvalue weighted by Crippen LogP contribution is 2.30. The summed E-state index contributed by atoms with van der Waals surface area (Å²) in [6.07, 6.45) is 3.84. The van der Waals surface area contributed by atoms with Crippen LogP contribution in [0.15, 0.2) is 24.3 Å². The lowest BCUT2D eigenvalue weighted by Gasteiger charge is -2.40. The van der Waals surface area contributed by atoms with Gasteiger partial charge in [-0.25, -0.2) is 0 Å². The van der Waals surface area contributed by atoms with E-state index < -0.39 is 5.41 Å². The zero-order valence-corrected chi connectivity index (χ0v) is 13.0. The van der Waals surface area contributed by atoms with E-state index in [0.29, 0.717) is 12.1 Å². The molecule has 3 N–H and O–H groups in total. The maximum absolute atomic E-state index is 13.0. The number of benzene rings is 1. The molecule has 2 rings (SSSR count). The number of likely N-dealkylation sites (tertiary alicyclic amines) is 1. The summed E-state index contributed by atoms with van der Waals surface area (Å²) in [6.45, 7) is 4.86. The molecule has 1 unspecified atom stereocenters. The van der Waals surface area contributed by atoms with Crippen LogP contribution in [0, 0.1) is 0 Å². The first-order valence-corrected chi connectivity index (χ1v) is 7.74. The van der Waals surface area contributed by atoms with Gasteiger partial charge in [-0.05, 0) is 57.2 Å². The Morgan fingerprint density at radius 3 is 2.62 bits per heavy atom. The van der Waals surface area contributed by atoms with Crippen molar-refractivity contribution in [2.75, 3.05) is 18.9 Å². The lowest BCUT2D eigenvalue weighted by Crippen LogP contribution is -2.51.